The maximum Gasteiger partial charge on any atom is 0.264 e. The van der Waals surface area contributed by atoms with Gasteiger partial charge in [-0.1, -0.05) is 6.07 Å². The number of aromatic nitrogens is 2. The second kappa shape index (κ2) is 5.99. The summed E-state index contributed by atoms with van der Waals surface area (Å²) < 4.78 is 20.3. The van der Waals surface area contributed by atoms with E-state index in [0.717, 1.165) is 22.4 Å². The summed E-state index contributed by atoms with van der Waals surface area (Å²) in [5.41, 5.74) is 2.76. The van der Waals surface area contributed by atoms with Crippen molar-refractivity contribution in [3.8, 4) is 0 Å². The molecule has 3 heterocycles. The van der Waals surface area contributed by atoms with Crippen molar-refractivity contribution in [2.45, 2.75) is 19.6 Å². The van der Waals surface area contributed by atoms with E-state index in [9.17, 15) is 9.18 Å². The molecule has 24 heavy (non-hydrogen) atoms. The number of fused-ring (bicyclic) bond motifs is 2. The molecule has 7 heteroatoms. The number of nitrogens with one attached hydrogen (secondary N) is 1. The number of amides is 1. The summed E-state index contributed by atoms with van der Waals surface area (Å²) in [6.45, 7) is 1.36. The molecule has 0 radical (unpaired) electrons. The third-order valence-corrected chi connectivity index (χ3v) is 5.52. The van der Waals surface area contributed by atoms with Crippen LogP contribution in [-0.4, -0.2) is 34.7 Å². The van der Waals surface area contributed by atoms with Crippen molar-refractivity contribution in [2.24, 2.45) is 0 Å². The van der Waals surface area contributed by atoms with E-state index in [-0.39, 0.29) is 18.3 Å². The smallest absolute Gasteiger partial charge is 0.264 e. The fourth-order valence-corrected chi connectivity index (χ4v) is 4.35. The number of ether oxygens (including phenoxy) is 1. The van der Waals surface area contributed by atoms with Crippen LogP contribution < -0.4 is 0 Å². The number of halogens is 1. The number of nitrogens with zero attached hydrogens (tertiary/aromatic N) is 2. The molecule has 1 aromatic carbocycles. The van der Waals surface area contributed by atoms with Gasteiger partial charge in [-0.3, -0.25) is 9.89 Å². The highest BCUT2D eigenvalue weighted by Gasteiger charge is 2.27. The second-order valence-electron chi connectivity index (χ2n) is 5.81. The molecule has 0 unspecified atom stereocenters. The molecule has 5 nitrogen and oxygen atoms in total. The molecule has 2 aromatic heterocycles. The maximum absolute atomic E-state index is 14.3. The Morgan fingerprint density at radius 1 is 1.50 bits per heavy atom. The third-order valence-electron chi connectivity index (χ3n) is 4.33. The summed E-state index contributed by atoms with van der Waals surface area (Å²) >= 11 is 1.33. The Labute approximate surface area is 142 Å². The molecule has 1 aliphatic rings. The molecule has 124 valence electrons. The molecule has 4 rings (SSSR count). The zero-order chi connectivity index (χ0) is 16.7. The van der Waals surface area contributed by atoms with E-state index in [2.05, 4.69) is 10.2 Å². The number of rotatable bonds is 3. The fourth-order valence-electron chi connectivity index (χ4n) is 3.16. The van der Waals surface area contributed by atoms with Gasteiger partial charge >= 0.3 is 0 Å². The highest BCUT2D eigenvalue weighted by atomic mass is 32.1. The Morgan fingerprint density at radius 2 is 2.38 bits per heavy atom. The number of carbonyl (C=O) groups is 1. The quantitative estimate of drug-likeness (QED) is 0.793. The topological polar surface area (TPSA) is 58.2 Å². The van der Waals surface area contributed by atoms with Crippen LogP contribution in [0, 0.1) is 5.82 Å². The summed E-state index contributed by atoms with van der Waals surface area (Å²) in [5, 5.41) is 7.49. The van der Waals surface area contributed by atoms with Crippen LogP contribution in [0.5, 0.6) is 0 Å². The Kier molecular flexibility index (Phi) is 3.82. The van der Waals surface area contributed by atoms with Gasteiger partial charge in [0.15, 0.2) is 0 Å². The number of H-pyrrole nitrogens is 1. The van der Waals surface area contributed by atoms with Crippen molar-refractivity contribution in [3.05, 3.63) is 51.9 Å². The van der Waals surface area contributed by atoms with Crippen molar-refractivity contribution in [3.63, 3.8) is 0 Å². The Morgan fingerprint density at radius 3 is 3.21 bits per heavy atom. The lowest BCUT2D eigenvalue weighted by atomic mass is 10.1. The number of hydrogen-bond acceptors (Lipinski definition) is 4. The number of benzene rings is 1. The minimum absolute atomic E-state index is 0.0745. The van der Waals surface area contributed by atoms with E-state index in [1.54, 1.807) is 24.3 Å². The van der Waals surface area contributed by atoms with Crippen LogP contribution in [0.4, 0.5) is 4.39 Å². The standard InChI is InChI=1S/C17H16FN3O2S/c1-23-9-11-15-12(18)3-2-4-14(15)24-16(11)17(22)21-6-5-13-10(8-21)7-19-20-13/h2-4,7H,5-6,8-9H2,1H3,(H,19,20). The average molecular weight is 345 g/mol. The van der Waals surface area contributed by atoms with Gasteiger partial charge in [-0.05, 0) is 12.1 Å². The van der Waals surface area contributed by atoms with Crippen molar-refractivity contribution >= 4 is 27.3 Å². The summed E-state index contributed by atoms with van der Waals surface area (Å²) in [4.78, 5) is 15.4. The zero-order valence-corrected chi connectivity index (χ0v) is 14.0. The van der Waals surface area contributed by atoms with E-state index < -0.39 is 0 Å². The van der Waals surface area contributed by atoms with Gasteiger partial charge in [-0.25, -0.2) is 4.39 Å². The first-order valence-electron chi connectivity index (χ1n) is 7.68. The van der Waals surface area contributed by atoms with E-state index >= 15 is 0 Å². The molecular weight excluding hydrogens is 329 g/mol. The van der Waals surface area contributed by atoms with E-state index in [4.69, 9.17) is 4.74 Å². The van der Waals surface area contributed by atoms with Gasteiger partial charge in [0.1, 0.15) is 5.82 Å². The second-order valence-corrected chi connectivity index (χ2v) is 6.86. The monoisotopic (exact) mass is 345 g/mol. The van der Waals surface area contributed by atoms with E-state index in [1.807, 2.05) is 6.07 Å². The van der Waals surface area contributed by atoms with Crippen LogP contribution in [0.1, 0.15) is 26.5 Å². The molecule has 0 spiro atoms. The van der Waals surface area contributed by atoms with Gasteiger partial charge in [-0.2, -0.15) is 5.10 Å². The van der Waals surface area contributed by atoms with E-state index in [0.29, 0.717) is 28.9 Å². The van der Waals surface area contributed by atoms with Crippen molar-refractivity contribution in [1.82, 2.24) is 15.1 Å². The molecule has 0 atom stereocenters. The van der Waals surface area contributed by atoms with Gasteiger partial charge < -0.3 is 9.64 Å². The first-order valence-corrected chi connectivity index (χ1v) is 8.50. The molecule has 1 aliphatic heterocycles. The lowest BCUT2D eigenvalue weighted by Crippen LogP contribution is -2.35. The summed E-state index contributed by atoms with van der Waals surface area (Å²) in [5.74, 6) is -0.389. The summed E-state index contributed by atoms with van der Waals surface area (Å²) in [6, 6.07) is 4.92. The van der Waals surface area contributed by atoms with Crippen molar-refractivity contribution < 1.29 is 13.9 Å². The van der Waals surface area contributed by atoms with Crippen molar-refractivity contribution in [2.75, 3.05) is 13.7 Å². The molecule has 0 fully saturated rings. The average Bonchev–Trinajstić information content (AvgIpc) is 3.19. The molecule has 3 aromatic rings. The predicted molar refractivity (Wildman–Crippen MR) is 89.5 cm³/mol. The molecular formula is C17H16FN3O2S. The van der Waals surface area contributed by atoms with Gasteiger partial charge in [0.25, 0.3) is 5.91 Å². The largest absolute Gasteiger partial charge is 0.380 e. The number of thiophene rings is 1. The lowest BCUT2D eigenvalue weighted by molar-refractivity contribution is 0.0735. The first-order chi connectivity index (χ1) is 11.7. The minimum atomic E-state index is -0.314. The fraction of sp³-hybridized carbons (Fsp3) is 0.294. The molecule has 0 saturated carbocycles. The summed E-state index contributed by atoms with van der Waals surface area (Å²) in [6.07, 6.45) is 2.51. The number of carbonyl (C=O) groups excluding carboxylic acids is 1. The highest BCUT2D eigenvalue weighted by Crippen LogP contribution is 2.35. The minimum Gasteiger partial charge on any atom is -0.380 e. The van der Waals surface area contributed by atoms with Gasteiger partial charge in [0.05, 0.1) is 17.7 Å². The number of aromatic amines is 1. The Bertz CT molecular complexity index is 918. The van der Waals surface area contributed by atoms with Gasteiger partial charge in [0.2, 0.25) is 0 Å². The first kappa shape index (κ1) is 15.3. The summed E-state index contributed by atoms with van der Waals surface area (Å²) in [7, 11) is 1.55. The van der Waals surface area contributed by atoms with Crippen LogP contribution in [0.2, 0.25) is 0 Å². The van der Waals surface area contributed by atoms with Crippen LogP contribution in [-0.2, 0) is 24.3 Å². The Hall–Kier alpha value is -2.25. The predicted octanol–water partition coefficient (Wildman–Crippen LogP) is 3.11. The molecule has 0 aliphatic carbocycles. The molecule has 0 saturated heterocycles. The number of methoxy groups -OCH3 is 1. The maximum atomic E-state index is 14.3. The number of hydrogen-bond donors (Lipinski definition) is 1. The highest BCUT2D eigenvalue weighted by molar-refractivity contribution is 7.21. The normalized spacial score (nSPS) is 14.2. The van der Waals surface area contributed by atoms with Crippen LogP contribution in [0.15, 0.2) is 24.4 Å². The lowest BCUT2D eigenvalue weighted by Gasteiger charge is -2.26. The third kappa shape index (κ3) is 2.40. The molecule has 0 bridgehead atoms. The van der Waals surface area contributed by atoms with Gasteiger partial charge in [-0.15, -0.1) is 11.3 Å². The van der Waals surface area contributed by atoms with E-state index in [1.165, 1.54) is 17.4 Å². The SMILES string of the molecule is COCc1c(C(=O)N2CCc3[nH]ncc3C2)sc2cccc(F)c12. The molecule has 1 amide bonds. The van der Waals surface area contributed by atoms with Crippen LogP contribution in [0.25, 0.3) is 10.1 Å². The van der Waals surface area contributed by atoms with Crippen molar-refractivity contribution in [1.29, 1.82) is 0 Å². The zero-order valence-electron chi connectivity index (χ0n) is 13.1. The van der Waals surface area contributed by atoms with Gasteiger partial charge in [0, 0.05) is 53.5 Å². The van der Waals surface area contributed by atoms with Crippen LogP contribution in [0.3, 0.4) is 0 Å². The van der Waals surface area contributed by atoms with Crippen LogP contribution >= 0.6 is 11.3 Å². The Balaban J connectivity index is 1.74. The molecule has 1 N–H and O–H groups in total.